The van der Waals surface area contributed by atoms with Crippen LogP contribution >= 0.6 is 0 Å². The Morgan fingerprint density at radius 3 is 2.00 bits per heavy atom. The van der Waals surface area contributed by atoms with Crippen molar-refractivity contribution in [1.29, 1.82) is 0 Å². The fourth-order valence-electron chi connectivity index (χ4n) is 3.16. The number of hydrogen-bond acceptors (Lipinski definition) is 0. The van der Waals surface area contributed by atoms with Gasteiger partial charge in [-0.15, -0.1) is 0 Å². The van der Waals surface area contributed by atoms with Crippen molar-refractivity contribution >= 4 is 0 Å². The summed E-state index contributed by atoms with van der Waals surface area (Å²) in [5.74, 6) is 4.98. The van der Waals surface area contributed by atoms with Crippen LogP contribution in [-0.4, -0.2) is 0 Å². The third-order valence-corrected chi connectivity index (χ3v) is 3.62. The number of hydrogen-bond donors (Lipinski definition) is 0. The van der Waals surface area contributed by atoms with Crippen LogP contribution in [0.3, 0.4) is 0 Å². The van der Waals surface area contributed by atoms with E-state index in [1.54, 1.807) is 25.7 Å². The van der Waals surface area contributed by atoms with Crippen LogP contribution in [0.15, 0.2) is 0 Å². The molecule has 0 aromatic rings. The lowest BCUT2D eigenvalue weighted by Gasteiger charge is -2.28. The van der Waals surface area contributed by atoms with Gasteiger partial charge in [-0.1, -0.05) is 6.42 Å². The fourth-order valence-corrected chi connectivity index (χ4v) is 3.16. The highest BCUT2D eigenvalue weighted by molar-refractivity contribution is 5.10. The van der Waals surface area contributed by atoms with Crippen molar-refractivity contribution in [2.75, 3.05) is 0 Å². The zero-order chi connectivity index (χ0) is 5.14. The molecule has 4 atom stereocenters. The maximum absolute atomic E-state index is 1.62. The monoisotopic (exact) mass is 108 g/mol. The molecule has 3 saturated carbocycles. The van der Waals surface area contributed by atoms with E-state index in [1.165, 1.54) is 23.7 Å². The largest absolute Gasteiger partial charge is 0.0527 e. The van der Waals surface area contributed by atoms with Gasteiger partial charge in [0.1, 0.15) is 0 Å². The number of fused-ring (bicyclic) bond motifs is 4. The van der Waals surface area contributed by atoms with Crippen LogP contribution < -0.4 is 0 Å². The van der Waals surface area contributed by atoms with E-state index in [-0.39, 0.29) is 0 Å². The van der Waals surface area contributed by atoms with Gasteiger partial charge < -0.3 is 0 Å². The first-order valence-electron chi connectivity index (χ1n) is 3.97. The van der Waals surface area contributed by atoms with Gasteiger partial charge in [0, 0.05) is 0 Å². The Bertz CT molecular complexity index is 114. The van der Waals surface area contributed by atoms with Gasteiger partial charge in [0.25, 0.3) is 0 Å². The summed E-state index contributed by atoms with van der Waals surface area (Å²) < 4.78 is 0. The predicted molar refractivity (Wildman–Crippen MR) is 32.4 cm³/mol. The van der Waals surface area contributed by atoms with Crippen molar-refractivity contribution in [3.63, 3.8) is 0 Å². The normalized spacial score (nSPS) is 66.0. The molecule has 0 aromatic heterocycles. The summed E-state index contributed by atoms with van der Waals surface area (Å²) in [5, 5.41) is 0. The molecule has 0 unspecified atom stereocenters. The van der Waals surface area contributed by atoms with Gasteiger partial charge in [-0.2, -0.15) is 0 Å². The Kier molecular flexibility index (Phi) is 0.482. The van der Waals surface area contributed by atoms with Crippen LogP contribution in [0.1, 0.15) is 25.7 Å². The van der Waals surface area contributed by atoms with Crippen LogP contribution in [0.2, 0.25) is 0 Å². The van der Waals surface area contributed by atoms with Gasteiger partial charge >= 0.3 is 0 Å². The summed E-state index contributed by atoms with van der Waals surface area (Å²) in [7, 11) is 0. The van der Waals surface area contributed by atoms with Crippen molar-refractivity contribution in [2.45, 2.75) is 25.7 Å². The maximum atomic E-state index is 1.62. The van der Waals surface area contributed by atoms with Crippen LogP contribution in [-0.2, 0) is 0 Å². The van der Waals surface area contributed by atoms with E-state index in [4.69, 9.17) is 0 Å². The Morgan fingerprint density at radius 1 is 0.750 bits per heavy atom. The first-order chi connectivity index (χ1) is 3.97. The standard InChI is InChI=1S/C8H12/c1-2-5-6(3-1)8-4-7(5)8/h5-8H,1-4H2/t5-,6+,7-,8-/m1/s1. The van der Waals surface area contributed by atoms with E-state index < -0.39 is 0 Å². The second kappa shape index (κ2) is 0.984. The molecule has 0 aromatic carbocycles. The molecule has 3 rings (SSSR count). The first kappa shape index (κ1) is 3.92. The minimum atomic E-state index is 1.24. The molecule has 0 saturated heterocycles. The van der Waals surface area contributed by atoms with Crippen molar-refractivity contribution in [2.24, 2.45) is 23.7 Å². The Labute approximate surface area is 50.3 Å². The molecular weight excluding hydrogens is 96.1 g/mol. The topological polar surface area (TPSA) is 0 Å². The van der Waals surface area contributed by atoms with Gasteiger partial charge in [-0.3, -0.25) is 0 Å². The molecule has 0 nitrogen and oxygen atoms in total. The van der Waals surface area contributed by atoms with Crippen LogP contribution in [0.25, 0.3) is 0 Å². The molecule has 8 heavy (non-hydrogen) atoms. The molecule has 44 valence electrons. The average Bonchev–Trinajstić information content (AvgIpc) is 2.34. The molecule has 0 bridgehead atoms. The molecule has 0 aliphatic heterocycles. The summed E-state index contributed by atoms with van der Waals surface area (Å²) in [6.07, 6.45) is 6.36. The minimum Gasteiger partial charge on any atom is -0.0527 e. The Morgan fingerprint density at radius 2 is 1.38 bits per heavy atom. The van der Waals surface area contributed by atoms with E-state index in [1.807, 2.05) is 0 Å². The van der Waals surface area contributed by atoms with E-state index in [2.05, 4.69) is 0 Å². The summed E-state index contributed by atoms with van der Waals surface area (Å²) in [4.78, 5) is 0. The average molecular weight is 108 g/mol. The lowest BCUT2D eigenvalue weighted by molar-refractivity contribution is 0.195. The third kappa shape index (κ3) is 0.260. The molecule has 3 fully saturated rings. The SMILES string of the molecule is C1C[C@@H]2[C@H](C1)[C@H]1C[C@H]21. The second-order valence-electron chi connectivity index (χ2n) is 3.82. The van der Waals surface area contributed by atoms with Gasteiger partial charge in [0.2, 0.25) is 0 Å². The lowest BCUT2D eigenvalue weighted by Crippen LogP contribution is -2.23. The molecular formula is C8H12. The smallest absolute Gasteiger partial charge is 0.0349 e. The van der Waals surface area contributed by atoms with E-state index >= 15 is 0 Å². The van der Waals surface area contributed by atoms with Gasteiger partial charge in [-0.25, -0.2) is 0 Å². The fraction of sp³-hybridized carbons (Fsp3) is 1.00. The minimum absolute atomic E-state index is 1.24. The summed E-state index contributed by atoms with van der Waals surface area (Å²) in [6.45, 7) is 0. The van der Waals surface area contributed by atoms with E-state index in [0.717, 1.165) is 0 Å². The number of rotatable bonds is 0. The van der Waals surface area contributed by atoms with Gasteiger partial charge in [0.15, 0.2) is 0 Å². The van der Waals surface area contributed by atoms with Crippen molar-refractivity contribution in [3.8, 4) is 0 Å². The summed E-state index contributed by atoms with van der Waals surface area (Å²) in [6, 6.07) is 0. The molecule has 3 aliphatic carbocycles. The zero-order valence-corrected chi connectivity index (χ0v) is 5.14. The Hall–Kier alpha value is 0. The second-order valence-corrected chi connectivity index (χ2v) is 3.82. The zero-order valence-electron chi connectivity index (χ0n) is 5.14. The summed E-state index contributed by atoms with van der Waals surface area (Å²) in [5.41, 5.74) is 0. The molecule has 0 amide bonds. The predicted octanol–water partition coefficient (Wildman–Crippen LogP) is 2.05. The highest BCUT2D eigenvalue weighted by Gasteiger charge is 2.61. The maximum Gasteiger partial charge on any atom is -0.0349 e. The summed E-state index contributed by atoms with van der Waals surface area (Å²) >= 11 is 0. The van der Waals surface area contributed by atoms with E-state index in [9.17, 15) is 0 Å². The van der Waals surface area contributed by atoms with Gasteiger partial charge in [0.05, 0.1) is 0 Å². The molecule has 3 aliphatic rings. The van der Waals surface area contributed by atoms with E-state index in [0.29, 0.717) is 0 Å². The molecule has 0 heteroatoms. The third-order valence-electron chi connectivity index (χ3n) is 3.62. The van der Waals surface area contributed by atoms with Crippen LogP contribution in [0, 0.1) is 23.7 Å². The van der Waals surface area contributed by atoms with Gasteiger partial charge in [-0.05, 0) is 42.9 Å². The molecule has 0 N–H and O–H groups in total. The van der Waals surface area contributed by atoms with Crippen LogP contribution in [0.5, 0.6) is 0 Å². The van der Waals surface area contributed by atoms with Crippen LogP contribution in [0.4, 0.5) is 0 Å². The first-order valence-corrected chi connectivity index (χ1v) is 3.97. The van der Waals surface area contributed by atoms with Crippen molar-refractivity contribution < 1.29 is 0 Å². The molecule has 0 radical (unpaired) electrons. The highest BCUT2D eigenvalue weighted by atomic mass is 14.7. The molecule has 0 heterocycles. The quantitative estimate of drug-likeness (QED) is 0.445. The van der Waals surface area contributed by atoms with Crippen molar-refractivity contribution in [1.82, 2.24) is 0 Å². The molecule has 0 spiro atoms. The highest BCUT2D eigenvalue weighted by Crippen LogP contribution is 2.69. The van der Waals surface area contributed by atoms with Crippen molar-refractivity contribution in [3.05, 3.63) is 0 Å². The lowest BCUT2D eigenvalue weighted by atomic mass is 9.77. The Balaban J connectivity index is 1.92.